The second-order valence-electron chi connectivity index (χ2n) is 7.38. The molecular weight excluding hydrogens is 452 g/mol. The van der Waals surface area contributed by atoms with Crippen LogP contribution in [0.1, 0.15) is 29.2 Å². The van der Waals surface area contributed by atoms with Gasteiger partial charge in [-0.15, -0.1) is 0 Å². The maximum absolute atomic E-state index is 12.9. The molecule has 0 bridgehead atoms. The normalized spacial score (nSPS) is 12.1. The predicted octanol–water partition coefficient (Wildman–Crippen LogP) is 3.46. The molecule has 0 radical (unpaired) electrons. The average molecular weight is 477 g/mol. The number of benzene rings is 3. The smallest absolute Gasteiger partial charge is 0.242 e. The summed E-state index contributed by atoms with van der Waals surface area (Å²) in [7, 11) is -3.86. The lowest BCUT2D eigenvalue weighted by molar-refractivity contribution is -0.121. The van der Waals surface area contributed by atoms with Gasteiger partial charge in [0.05, 0.1) is 17.2 Å². The van der Waals surface area contributed by atoms with Crippen molar-refractivity contribution in [2.75, 3.05) is 6.61 Å². The molecule has 0 aromatic heterocycles. The summed E-state index contributed by atoms with van der Waals surface area (Å²) >= 11 is 0. The molecule has 0 unspecified atom stereocenters. The fraction of sp³-hybridized carbons (Fsp3) is 0.160. The standard InChI is InChI=1S/C25H24N4O4S/c1-19-11-13-22(14-12-19)34(31,32)29-23(20-7-3-2-4-8-20)17-25(30)28-27-18-21-9-5-6-10-24(21)33-16-15-26/h2-14,18,23,29H,16-17H2,1H3,(H,28,30)/b27-18-/t23-/m0/s1. The van der Waals surface area contributed by atoms with Crippen LogP contribution in [0.15, 0.2) is 88.9 Å². The van der Waals surface area contributed by atoms with Crippen LogP contribution in [0.3, 0.4) is 0 Å². The van der Waals surface area contributed by atoms with Crippen LogP contribution in [-0.2, 0) is 14.8 Å². The van der Waals surface area contributed by atoms with Crippen LogP contribution in [0, 0.1) is 18.3 Å². The third kappa shape index (κ3) is 7.00. The summed E-state index contributed by atoms with van der Waals surface area (Å²) in [6.07, 6.45) is 1.23. The van der Waals surface area contributed by atoms with Crippen LogP contribution in [0.5, 0.6) is 5.75 Å². The summed E-state index contributed by atoms with van der Waals surface area (Å²) in [6.45, 7) is 1.76. The lowest BCUT2D eigenvalue weighted by atomic mass is 10.0. The van der Waals surface area contributed by atoms with Gasteiger partial charge in [-0.1, -0.05) is 60.2 Å². The molecule has 174 valence electrons. The molecule has 3 aromatic carbocycles. The molecular formula is C25H24N4O4S. The number of nitriles is 1. The van der Waals surface area contributed by atoms with Crippen molar-refractivity contribution in [1.29, 1.82) is 5.26 Å². The van der Waals surface area contributed by atoms with Crippen LogP contribution < -0.4 is 14.9 Å². The zero-order valence-corrected chi connectivity index (χ0v) is 19.3. The quantitative estimate of drug-likeness (QED) is 0.343. The van der Waals surface area contributed by atoms with Crippen molar-refractivity contribution in [1.82, 2.24) is 10.1 Å². The molecule has 3 aromatic rings. The maximum atomic E-state index is 12.9. The highest BCUT2D eigenvalue weighted by Crippen LogP contribution is 2.21. The average Bonchev–Trinajstić information content (AvgIpc) is 2.84. The molecule has 1 amide bonds. The number of rotatable bonds is 10. The van der Waals surface area contributed by atoms with Crippen molar-refractivity contribution in [2.24, 2.45) is 5.10 Å². The SMILES string of the molecule is Cc1ccc(S(=O)(=O)N[C@@H](CC(=O)N/N=C\c2ccccc2OCC#N)c2ccccc2)cc1. The molecule has 0 fully saturated rings. The fourth-order valence-electron chi connectivity index (χ4n) is 3.12. The molecule has 0 aliphatic heterocycles. The van der Waals surface area contributed by atoms with E-state index in [0.29, 0.717) is 16.9 Å². The molecule has 0 saturated heterocycles. The first-order valence-corrected chi connectivity index (χ1v) is 11.9. The molecule has 1 atom stereocenters. The molecule has 0 spiro atoms. The third-order valence-corrected chi connectivity index (χ3v) is 6.31. The first-order chi connectivity index (χ1) is 16.4. The fourth-order valence-corrected chi connectivity index (χ4v) is 4.34. The third-order valence-electron chi connectivity index (χ3n) is 4.82. The number of ether oxygens (including phenoxy) is 1. The highest BCUT2D eigenvalue weighted by Gasteiger charge is 2.23. The number of hydrogen-bond donors (Lipinski definition) is 2. The predicted molar refractivity (Wildman–Crippen MR) is 129 cm³/mol. The number of nitrogens with zero attached hydrogens (tertiary/aromatic N) is 2. The van der Waals surface area contributed by atoms with E-state index in [1.54, 1.807) is 60.7 Å². The minimum atomic E-state index is -3.86. The summed E-state index contributed by atoms with van der Waals surface area (Å²) in [5.41, 5.74) is 4.59. The second kappa shape index (κ2) is 11.7. The number of hydrogen-bond acceptors (Lipinski definition) is 6. The number of sulfonamides is 1. The van der Waals surface area contributed by atoms with Gasteiger partial charge in [0, 0.05) is 12.0 Å². The van der Waals surface area contributed by atoms with E-state index in [2.05, 4.69) is 15.2 Å². The summed E-state index contributed by atoms with van der Waals surface area (Å²) in [4.78, 5) is 12.7. The second-order valence-corrected chi connectivity index (χ2v) is 9.09. The van der Waals surface area contributed by atoms with Crippen LogP contribution in [-0.4, -0.2) is 27.1 Å². The Kier molecular flexibility index (Phi) is 8.51. The Hall–Kier alpha value is -4.00. The zero-order chi connectivity index (χ0) is 24.4. The molecule has 0 heterocycles. The number of carbonyl (C=O) groups is 1. The Balaban J connectivity index is 1.72. The van der Waals surface area contributed by atoms with Gasteiger partial charge in [-0.3, -0.25) is 4.79 Å². The number of para-hydroxylation sites is 1. The minimum Gasteiger partial charge on any atom is -0.478 e. The van der Waals surface area contributed by atoms with Gasteiger partial charge in [0.2, 0.25) is 15.9 Å². The van der Waals surface area contributed by atoms with Gasteiger partial charge in [0.1, 0.15) is 11.8 Å². The highest BCUT2D eigenvalue weighted by atomic mass is 32.2. The Morgan fingerprint density at radius 2 is 1.74 bits per heavy atom. The van der Waals surface area contributed by atoms with Gasteiger partial charge < -0.3 is 4.74 Å². The van der Waals surface area contributed by atoms with E-state index in [1.807, 2.05) is 19.1 Å². The van der Waals surface area contributed by atoms with Crippen molar-refractivity contribution >= 4 is 22.1 Å². The van der Waals surface area contributed by atoms with Crippen LogP contribution in [0.2, 0.25) is 0 Å². The van der Waals surface area contributed by atoms with Crippen molar-refractivity contribution in [3.8, 4) is 11.8 Å². The first-order valence-electron chi connectivity index (χ1n) is 10.4. The van der Waals surface area contributed by atoms with E-state index in [0.717, 1.165) is 5.56 Å². The van der Waals surface area contributed by atoms with E-state index < -0.39 is 22.0 Å². The van der Waals surface area contributed by atoms with Crippen molar-refractivity contribution in [3.63, 3.8) is 0 Å². The van der Waals surface area contributed by atoms with Crippen LogP contribution in [0.4, 0.5) is 0 Å². The monoisotopic (exact) mass is 476 g/mol. The topological polar surface area (TPSA) is 121 Å². The number of aryl methyl sites for hydroxylation is 1. The Morgan fingerprint density at radius 3 is 2.44 bits per heavy atom. The zero-order valence-electron chi connectivity index (χ0n) is 18.5. The Bertz CT molecular complexity index is 1280. The van der Waals surface area contributed by atoms with Crippen molar-refractivity contribution in [2.45, 2.75) is 24.3 Å². The number of amides is 1. The molecule has 9 heteroatoms. The van der Waals surface area contributed by atoms with Gasteiger partial charge in [0.15, 0.2) is 6.61 Å². The van der Waals surface area contributed by atoms with E-state index >= 15 is 0 Å². The van der Waals surface area contributed by atoms with Crippen LogP contribution >= 0.6 is 0 Å². The lowest BCUT2D eigenvalue weighted by Gasteiger charge is -2.18. The first kappa shape index (κ1) is 24.6. The number of hydrazone groups is 1. The molecule has 0 aliphatic carbocycles. The molecule has 0 saturated carbocycles. The Labute approximate surface area is 198 Å². The van der Waals surface area contributed by atoms with E-state index in [-0.39, 0.29) is 17.9 Å². The summed E-state index contributed by atoms with van der Waals surface area (Å²) < 4.78 is 33.8. The van der Waals surface area contributed by atoms with Gasteiger partial charge in [-0.2, -0.15) is 10.4 Å². The van der Waals surface area contributed by atoms with Gasteiger partial charge in [-0.05, 0) is 36.8 Å². The summed E-state index contributed by atoms with van der Waals surface area (Å²) in [6, 6.07) is 23.4. The minimum absolute atomic E-state index is 0.114. The van der Waals surface area contributed by atoms with Crippen molar-refractivity contribution in [3.05, 3.63) is 95.6 Å². The largest absolute Gasteiger partial charge is 0.478 e. The van der Waals surface area contributed by atoms with Crippen LogP contribution in [0.25, 0.3) is 0 Å². The van der Waals surface area contributed by atoms with Gasteiger partial charge in [-0.25, -0.2) is 18.6 Å². The molecule has 8 nitrogen and oxygen atoms in total. The maximum Gasteiger partial charge on any atom is 0.242 e. The van der Waals surface area contributed by atoms with E-state index in [4.69, 9.17) is 10.00 Å². The highest BCUT2D eigenvalue weighted by molar-refractivity contribution is 7.89. The van der Waals surface area contributed by atoms with Gasteiger partial charge in [0.25, 0.3) is 0 Å². The van der Waals surface area contributed by atoms with E-state index in [9.17, 15) is 13.2 Å². The molecule has 34 heavy (non-hydrogen) atoms. The van der Waals surface area contributed by atoms with Gasteiger partial charge >= 0.3 is 0 Å². The van der Waals surface area contributed by atoms with E-state index in [1.165, 1.54) is 18.3 Å². The number of nitrogens with one attached hydrogen (secondary N) is 2. The summed E-state index contributed by atoms with van der Waals surface area (Å²) in [5, 5.41) is 12.7. The summed E-state index contributed by atoms with van der Waals surface area (Å²) in [5.74, 6) is -0.0257. The molecule has 2 N–H and O–H groups in total. The van der Waals surface area contributed by atoms with Crippen molar-refractivity contribution < 1.29 is 17.9 Å². The molecule has 3 rings (SSSR count). The molecule has 0 aliphatic rings. The Morgan fingerprint density at radius 1 is 1.06 bits per heavy atom. The lowest BCUT2D eigenvalue weighted by Crippen LogP contribution is -2.32. The number of carbonyl (C=O) groups excluding carboxylic acids is 1.